The van der Waals surface area contributed by atoms with Crippen molar-refractivity contribution in [3.8, 4) is 5.75 Å². The van der Waals surface area contributed by atoms with Crippen LogP contribution in [0.25, 0.3) is 0 Å². The second-order valence-electron chi connectivity index (χ2n) is 8.46. The molecule has 0 aliphatic carbocycles. The molecule has 0 aliphatic heterocycles. The number of carbonyl (C=O) groups excluding carboxylic acids is 2. The lowest BCUT2D eigenvalue weighted by molar-refractivity contribution is -0.119. The molecule has 8 nitrogen and oxygen atoms in total. The molecule has 0 fully saturated rings. The zero-order chi connectivity index (χ0) is 27.7. The van der Waals surface area contributed by atoms with Crippen molar-refractivity contribution in [2.45, 2.75) is 18.2 Å². The summed E-state index contributed by atoms with van der Waals surface area (Å²) in [6, 6.07) is 30.2. The van der Waals surface area contributed by atoms with Crippen molar-refractivity contribution in [3.63, 3.8) is 0 Å². The first-order chi connectivity index (χ1) is 18.9. The summed E-state index contributed by atoms with van der Waals surface area (Å²) in [5, 5.41) is 3.95. The molecule has 0 atom stereocenters. The van der Waals surface area contributed by atoms with Crippen LogP contribution >= 0.6 is 0 Å². The first kappa shape index (κ1) is 27.3. The van der Waals surface area contributed by atoms with Gasteiger partial charge in [0.05, 0.1) is 22.4 Å². The zero-order valence-electron chi connectivity index (χ0n) is 21.2. The molecule has 39 heavy (non-hydrogen) atoms. The summed E-state index contributed by atoms with van der Waals surface area (Å²) in [6.45, 7) is 1.54. The highest BCUT2D eigenvalue weighted by molar-refractivity contribution is 7.92. The van der Waals surface area contributed by atoms with Gasteiger partial charge in [0.1, 0.15) is 12.3 Å². The predicted molar refractivity (Wildman–Crippen MR) is 150 cm³/mol. The van der Waals surface area contributed by atoms with E-state index in [1.54, 1.807) is 78.9 Å². The minimum atomic E-state index is -4.00. The number of hydrogen-bond donors (Lipinski definition) is 1. The van der Waals surface area contributed by atoms with Crippen molar-refractivity contribution in [2.24, 2.45) is 5.10 Å². The summed E-state index contributed by atoms with van der Waals surface area (Å²) in [7, 11) is -4.00. The Kier molecular flexibility index (Phi) is 8.86. The largest absolute Gasteiger partial charge is 0.423 e. The summed E-state index contributed by atoms with van der Waals surface area (Å²) < 4.78 is 33.2. The van der Waals surface area contributed by atoms with Gasteiger partial charge in [-0.25, -0.2) is 18.6 Å². The average molecular weight is 542 g/mol. The van der Waals surface area contributed by atoms with E-state index in [0.717, 1.165) is 16.3 Å². The molecule has 0 aromatic heterocycles. The molecule has 0 bridgehead atoms. The van der Waals surface area contributed by atoms with Gasteiger partial charge in [-0.1, -0.05) is 55.5 Å². The number of carbonyl (C=O) groups is 2. The number of anilines is 1. The van der Waals surface area contributed by atoms with Gasteiger partial charge >= 0.3 is 5.97 Å². The van der Waals surface area contributed by atoms with Crippen molar-refractivity contribution >= 4 is 33.8 Å². The highest BCUT2D eigenvalue weighted by Gasteiger charge is 2.27. The van der Waals surface area contributed by atoms with Crippen LogP contribution in [0.3, 0.4) is 0 Å². The van der Waals surface area contributed by atoms with E-state index < -0.39 is 28.4 Å². The lowest BCUT2D eigenvalue weighted by Crippen LogP contribution is -2.39. The zero-order valence-corrected chi connectivity index (χ0v) is 22.0. The third kappa shape index (κ3) is 7.18. The quantitative estimate of drug-likeness (QED) is 0.134. The summed E-state index contributed by atoms with van der Waals surface area (Å²) >= 11 is 0. The van der Waals surface area contributed by atoms with E-state index in [9.17, 15) is 18.0 Å². The number of ether oxygens (including phenoxy) is 1. The van der Waals surface area contributed by atoms with E-state index in [0.29, 0.717) is 22.6 Å². The number of nitrogens with one attached hydrogen (secondary N) is 1. The average Bonchev–Trinajstić information content (AvgIpc) is 2.97. The molecule has 9 heteroatoms. The first-order valence-corrected chi connectivity index (χ1v) is 13.7. The van der Waals surface area contributed by atoms with Gasteiger partial charge in [0.2, 0.25) is 0 Å². The number of benzene rings is 4. The molecule has 0 heterocycles. The van der Waals surface area contributed by atoms with Crippen molar-refractivity contribution in [1.82, 2.24) is 5.43 Å². The molecule has 4 aromatic rings. The molecule has 0 saturated carbocycles. The Balaban J connectivity index is 1.42. The van der Waals surface area contributed by atoms with Crippen LogP contribution in [-0.4, -0.2) is 33.1 Å². The molecule has 4 rings (SSSR count). The number of sulfonamides is 1. The lowest BCUT2D eigenvalue weighted by Gasteiger charge is -2.24. The standard InChI is InChI=1S/C30H27N3O5S/c1-2-23-13-17-26(18-14-23)33(39(36,37)28-11-7-4-8-12-28)22-29(34)32-31-21-24-15-19-27(20-16-24)38-30(35)25-9-5-3-6-10-25/h3-21H,2,22H2,1H3,(H,32,34)/b31-21-. The third-order valence-electron chi connectivity index (χ3n) is 5.75. The maximum Gasteiger partial charge on any atom is 0.343 e. The summed E-state index contributed by atoms with van der Waals surface area (Å²) in [5.74, 6) is -0.719. The second-order valence-corrected chi connectivity index (χ2v) is 10.3. The van der Waals surface area contributed by atoms with E-state index in [4.69, 9.17) is 4.74 Å². The predicted octanol–water partition coefficient (Wildman–Crippen LogP) is 4.81. The first-order valence-electron chi connectivity index (χ1n) is 12.2. The molecule has 0 spiro atoms. The highest BCUT2D eigenvalue weighted by Crippen LogP contribution is 2.24. The number of amides is 1. The van der Waals surface area contributed by atoms with Crippen LogP contribution in [0.1, 0.15) is 28.4 Å². The van der Waals surface area contributed by atoms with Crippen LogP contribution in [0.4, 0.5) is 5.69 Å². The van der Waals surface area contributed by atoms with E-state index in [-0.39, 0.29) is 4.90 Å². The molecule has 198 valence electrons. The summed E-state index contributed by atoms with van der Waals surface area (Å²) in [5.41, 5.74) is 4.88. The molecule has 0 unspecified atom stereocenters. The maximum atomic E-state index is 13.4. The van der Waals surface area contributed by atoms with Gasteiger partial charge in [-0.2, -0.15) is 5.10 Å². The fourth-order valence-electron chi connectivity index (χ4n) is 3.64. The third-order valence-corrected chi connectivity index (χ3v) is 7.54. The molecule has 0 radical (unpaired) electrons. The van der Waals surface area contributed by atoms with Crippen LogP contribution in [0.5, 0.6) is 5.75 Å². The van der Waals surface area contributed by atoms with Gasteiger partial charge in [0, 0.05) is 0 Å². The van der Waals surface area contributed by atoms with Crippen molar-refractivity contribution in [2.75, 3.05) is 10.8 Å². The van der Waals surface area contributed by atoms with Gasteiger partial charge in [-0.3, -0.25) is 9.10 Å². The number of rotatable bonds is 10. The SMILES string of the molecule is CCc1ccc(N(CC(=O)N/N=C\c2ccc(OC(=O)c3ccccc3)cc2)S(=O)(=O)c2ccccc2)cc1. The normalized spacial score (nSPS) is 11.2. The van der Waals surface area contributed by atoms with Gasteiger partial charge in [0.15, 0.2) is 0 Å². The maximum absolute atomic E-state index is 13.4. The van der Waals surface area contributed by atoms with Crippen LogP contribution in [0, 0.1) is 0 Å². The number of esters is 1. The smallest absolute Gasteiger partial charge is 0.343 e. The molecular formula is C30H27N3O5S. The Morgan fingerprint density at radius 1 is 0.846 bits per heavy atom. The molecule has 4 aromatic carbocycles. The number of aryl methyl sites for hydroxylation is 1. The second kappa shape index (κ2) is 12.7. The number of hydrazone groups is 1. The monoisotopic (exact) mass is 541 g/mol. The van der Waals surface area contributed by atoms with Crippen molar-refractivity contribution in [1.29, 1.82) is 0 Å². The van der Waals surface area contributed by atoms with E-state index in [1.165, 1.54) is 18.3 Å². The molecule has 1 N–H and O–H groups in total. The Morgan fingerprint density at radius 2 is 1.46 bits per heavy atom. The van der Waals surface area contributed by atoms with Gasteiger partial charge in [-0.05, 0) is 78.2 Å². The van der Waals surface area contributed by atoms with E-state index in [2.05, 4.69) is 10.5 Å². The minimum absolute atomic E-state index is 0.0777. The molecule has 1 amide bonds. The Bertz CT molecular complexity index is 1540. The van der Waals surface area contributed by atoms with Crippen LogP contribution < -0.4 is 14.5 Å². The van der Waals surface area contributed by atoms with Crippen LogP contribution in [0.2, 0.25) is 0 Å². The summed E-state index contributed by atoms with van der Waals surface area (Å²) in [4.78, 5) is 25.0. The van der Waals surface area contributed by atoms with Crippen LogP contribution in [0.15, 0.2) is 119 Å². The molecule has 0 saturated heterocycles. The Hall–Kier alpha value is -4.76. The summed E-state index contributed by atoms with van der Waals surface area (Å²) in [6.07, 6.45) is 2.21. The molecular weight excluding hydrogens is 514 g/mol. The van der Waals surface area contributed by atoms with E-state index in [1.807, 2.05) is 25.1 Å². The fraction of sp³-hybridized carbons (Fsp3) is 0.100. The lowest BCUT2D eigenvalue weighted by atomic mass is 10.1. The molecule has 0 aliphatic rings. The topological polar surface area (TPSA) is 105 Å². The van der Waals surface area contributed by atoms with E-state index >= 15 is 0 Å². The van der Waals surface area contributed by atoms with Crippen LogP contribution in [-0.2, 0) is 21.2 Å². The number of hydrogen-bond acceptors (Lipinski definition) is 6. The van der Waals surface area contributed by atoms with Gasteiger partial charge in [-0.15, -0.1) is 0 Å². The van der Waals surface area contributed by atoms with Gasteiger partial charge < -0.3 is 4.74 Å². The number of nitrogens with zero attached hydrogens (tertiary/aromatic N) is 2. The minimum Gasteiger partial charge on any atom is -0.423 e. The Morgan fingerprint density at radius 3 is 2.08 bits per heavy atom. The van der Waals surface area contributed by atoms with Gasteiger partial charge in [0.25, 0.3) is 15.9 Å². The van der Waals surface area contributed by atoms with Crippen molar-refractivity contribution < 1.29 is 22.7 Å². The fourth-order valence-corrected chi connectivity index (χ4v) is 5.08. The van der Waals surface area contributed by atoms with Crippen molar-refractivity contribution in [3.05, 3.63) is 126 Å². The Labute approximate surface area is 227 Å². The highest BCUT2D eigenvalue weighted by atomic mass is 32.2.